The van der Waals surface area contributed by atoms with Crippen molar-refractivity contribution in [2.24, 2.45) is 5.92 Å². The van der Waals surface area contributed by atoms with E-state index >= 15 is 0 Å². The molecule has 4 nitrogen and oxygen atoms in total. The predicted molar refractivity (Wildman–Crippen MR) is 103 cm³/mol. The van der Waals surface area contributed by atoms with Crippen LogP contribution in [0.1, 0.15) is 25.3 Å². The second kappa shape index (κ2) is 6.90. The van der Waals surface area contributed by atoms with Gasteiger partial charge >= 0.3 is 0 Å². The summed E-state index contributed by atoms with van der Waals surface area (Å²) in [5, 5.41) is 14.7. The molecule has 2 aromatic rings. The molecule has 1 aliphatic carbocycles. The fourth-order valence-electron chi connectivity index (χ4n) is 3.22. The molecule has 0 bridgehead atoms. The van der Waals surface area contributed by atoms with Crippen LogP contribution in [0.3, 0.4) is 0 Å². The van der Waals surface area contributed by atoms with Gasteiger partial charge in [-0.15, -0.1) is 10.2 Å². The highest BCUT2D eigenvalue weighted by atomic mass is 35.5. The van der Waals surface area contributed by atoms with E-state index in [1.165, 1.54) is 11.1 Å². The Hall–Kier alpha value is -1.69. The second-order valence-corrected chi connectivity index (χ2v) is 8.07. The summed E-state index contributed by atoms with van der Waals surface area (Å²) in [7, 11) is 0. The molecule has 1 N–H and O–H groups in total. The maximum absolute atomic E-state index is 6.35. The first-order valence-electron chi connectivity index (χ1n) is 8.51. The molecule has 130 valence electrons. The van der Waals surface area contributed by atoms with Crippen LogP contribution in [0, 0.1) is 5.92 Å². The molecule has 0 radical (unpaired) electrons. The molecule has 0 spiro atoms. The molecule has 1 saturated heterocycles. The molecule has 0 saturated carbocycles. The maximum atomic E-state index is 6.35. The number of aromatic nitrogens is 2. The Balaban J connectivity index is 1.56. The lowest BCUT2D eigenvalue weighted by Crippen LogP contribution is -2.10. The summed E-state index contributed by atoms with van der Waals surface area (Å²) in [6.45, 7) is 6.04. The lowest BCUT2D eigenvalue weighted by Gasteiger charge is -2.16. The lowest BCUT2D eigenvalue weighted by molar-refractivity contribution is 0.242. The number of nitrogens with one attached hydrogen (secondary N) is 1. The van der Waals surface area contributed by atoms with Crippen molar-refractivity contribution >= 4 is 28.5 Å². The average Bonchev–Trinajstić information content (AvgIpc) is 3.24. The van der Waals surface area contributed by atoms with E-state index in [-0.39, 0.29) is 6.10 Å². The monoisotopic (exact) mass is 373 g/mol. The number of benzene rings is 1. The van der Waals surface area contributed by atoms with Crippen molar-refractivity contribution in [3.05, 3.63) is 46.0 Å². The molecule has 25 heavy (non-hydrogen) atoms. The summed E-state index contributed by atoms with van der Waals surface area (Å²) >= 11 is 7.96. The molecule has 0 amide bonds. The van der Waals surface area contributed by atoms with E-state index in [0.29, 0.717) is 16.7 Å². The standard InChI is InChI=1S/C19H20ClN3OS/c1-11(2)24-17-6-5-13(8-16(17)20)19-23-22-18(25-19)12-3-4-14-9-21-10-15(14)7-12/h3-6,8,11,15,21H,7,9-10H2,1-2H3. The number of hydrogen-bond donors (Lipinski definition) is 1. The molecule has 1 aromatic heterocycles. The van der Waals surface area contributed by atoms with Crippen molar-refractivity contribution < 1.29 is 4.74 Å². The van der Waals surface area contributed by atoms with E-state index < -0.39 is 0 Å². The normalized spacial score (nSPS) is 19.6. The van der Waals surface area contributed by atoms with Crippen molar-refractivity contribution in [1.29, 1.82) is 0 Å². The average molecular weight is 374 g/mol. The van der Waals surface area contributed by atoms with Crippen molar-refractivity contribution in [2.75, 3.05) is 13.1 Å². The SMILES string of the molecule is CC(C)Oc1ccc(-c2nnc(C3=CC=C4CNCC4C3)s2)cc1Cl. The summed E-state index contributed by atoms with van der Waals surface area (Å²) < 4.78 is 5.69. The summed E-state index contributed by atoms with van der Waals surface area (Å²) in [5.74, 6) is 1.31. The van der Waals surface area contributed by atoms with Gasteiger partial charge in [0.25, 0.3) is 0 Å². The third kappa shape index (κ3) is 3.50. The molecule has 4 rings (SSSR count). The molecule has 1 unspecified atom stereocenters. The molecular formula is C19H20ClN3OS. The van der Waals surface area contributed by atoms with Crippen LogP contribution in [0.4, 0.5) is 0 Å². The Morgan fingerprint density at radius 2 is 2.08 bits per heavy atom. The first-order chi connectivity index (χ1) is 12.1. The van der Waals surface area contributed by atoms with Crippen LogP contribution in [-0.4, -0.2) is 29.4 Å². The first kappa shape index (κ1) is 16.8. The number of nitrogens with zero attached hydrogens (tertiary/aromatic N) is 2. The number of rotatable bonds is 4. The predicted octanol–water partition coefficient (Wildman–Crippen LogP) is 4.58. The third-order valence-electron chi connectivity index (χ3n) is 4.45. The van der Waals surface area contributed by atoms with Crippen LogP contribution in [0.25, 0.3) is 16.1 Å². The Morgan fingerprint density at radius 1 is 1.24 bits per heavy atom. The Labute approximate surface area is 156 Å². The number of fused-ring (bicyclic) bond motifs is 1. The van der Waals surface area contributed by atoms with Crippen molar-refractivity contribution in [3.8, 4) is 16.3 Å². The molecule has 1 aromatic carbocycles. The minimum atomic E-state index is 0.0951. The topological polar surface area (TPSA) is 47.0 Å². The van der Waals surface area contributed by atoms with Gasteiger partial charge in [0.1, 0.15) is 15.8 Å². The summed E-state index contributed by atoms with van der Waals surface area (Å²) in [6.07, 6.45) is 5.56. The van der Waals surface area contributed by atoms with E-state index in [0.717, 1.165) is 35.1 Å². The van der Waals surface area contributed by atoms with Gasteiger partial charge < -0.3 is 10.1 Å². The Kier molecular flexibility index (Phi) is 4.63. The van der Waals surface area contributed by atoms with E-state index in [1.807, 2.05) is 32.0 Å². The smallest absolute Gasteiger partial charge is 0.148 e. The van der Waals surface area contributed by atoms with Gasteiger partial charge in [-0.05, 0) is 50.0 Å². The maximum Gasteiger partial charge on any atom is 0.148 e. The van der Waals surface area contributed by atoms with Gasteiger partial charge in [-0.2, -0.15) is 0 Å². The fourth-order valence-corrected chi connectivity index (χ4v) is 4.32. The van der Waals surface area contributed by atoms with Gasteiger partial charge in [0, 0.05) is 18.7 Å². The molecular weight excluding hydrogens is 354 g/mol. The zero-order chi connectivity index (χ0) is 17.4. The zero-order valence-corrected chi connectivity index (χ0v) is 15.8. The molecule has 1 atom stereocenters. The summed E-state index contributed by atoms with van der Waals surface area (Å²) in [6, 6.07) is 5.79. The first-order valence-corrected chi connectivity index (χ1v) is 9.70. The molecule has 2 heterocycles. The fraction of sp³-hybridized carbons (Fsp3) is 0.368. The summed E-state index contributed by atoms with van der Waals surface area (Å²) in [5.41, 5.74) is 3.74. The van der Waals surface area contributed by atoms with Crippen molar-refractivity contribution in [3.63, 3.8) is 0 Å². The van der Waals surface area contributed by atoms with Crippen LogP contribution in [0.15, 0.2) is 35.9 Å². The quantitative estimate of drug-likeness (QED) is 0.852. The lowest BCUT2D eigenvalue weighted by atomic mass is 9.90. The van der Waals surface area contributed by atoms with Gasteiger partial charge in [-0.25, -0.2) is 0 Å². The van der Waals surface area contributed by atoms with Crippen LogP contribution in [0.5, 0.6) is 5.75 Å². The Bertz CT molecular complexity index is 856. The van der Waals surface area contributed by atoms with Crippen LogP contribution in [-0.2, 0) is 0 Å². The number of hydrogen-bond acceptors (Lipinski definition) is 5. The van der Waals surface area contributed by atoms with Crippen LogP contribution in [0.2, 0.25) is 5.02 Å². The Morgan fingerprint density at radius 3 is 2.88 bits per heavy atom. The summed E-state index contributed by atoms with van der Waals surface area (Å²) in [4.78, 5) is 0. The number of ether oxygens (including phenoxy) is 1. The molecule has 6 heteroatoms. The van der Waals surface area contributed by atoms with Gasteiger partial charge in [0.2, 0.25) is 0 Å². The highest BCUT2D eigenvalue weighted by Crippen LogP contribution is 2.37. The third-order valence-corrected chi connectivity index (χ3v) is 5.79. The van der Waals surface area contributed by atoms with Crippen LogP contribution >= 0.6 is 22.9 Å². The highest BCUT2D eigenvalue weighted by Gasteiger charge is 2.25. The van der Waals surface area contributed by atoms with Gasteiger partial charge in [0.15, 0.2) is 0 Å². The van der Waals surface area contributed by atoms with E-state index in [9.17, 15) is 0 Å². The van der Waals surface area contributed by atoms with E-state index in [1.54, 1.807) is 11.3 Å². The molecule has 1 aliphatic heterocycles. The minimum Gasteiger partial charge on any atom is -0.489 e. The largest absolute Gasteiger partial charge is 0.489 e. The molecule has 1 fully saturated rings. The van der Waals surface area contributed by atoms with Crippen molar-refractivity contribution in [1.82, 2.24) is 15.5 Å². The zero-order valence-electron chi connectivity index (χ0n) is 14.3. The van der Waals surface area contributed by atoms with E-state index in [2.05, 4.69) is 27.7 Å². The number of allylic oxidation sites excluding steroid dienone is 3. The second-order valence-electron chi connectivity index (χ2n) is 6.69. The van der Waals surface area contributed by atoms with Crippen molar-refractivity contribution in [2.45, 2.75) is 26.4 Å². The van der Waals surface area contributed by atoms with E-state index in [4.69, 9.17) is 16.3 Å². The van der Waals surface area contributed by atoms with Crippen LogP contribution < -0.4 is 10.1 Å². The number of halogens is 1. The van der Waals surface area contributed by atoms with Gasteiger partial charge in [0.05, 0.1) is 11.1 Å². The highest BCUT2D eigenvalue weighted by molar-refractivity contribution is 7.15. The molecule has 2 aliphatic rings. The van der Waals surface area contributed by atoms with Gasteiger partial charge in [-0.3, -0.25) is 0 Å². The minimum absolute atomic E-state index is 0.0951. The van der Waals surface area contributed by atoms with Gasteiger partial charge in [-0.1, -0.05) is 40.7 Å².